The van der Waals surface area contributed by atoms with Gasteiger partial charge in [-0.3, -0.25) is 29.4 Å². The van der Waals surface area contributed by atoms with Crippen LogP contribution in [0, 0.1) is 10.1 Å². The van der Waals surface area contributed by atoms with Crippen molar-refractivity contribution in [1.29, 1.82) is 0 Å². The van der Waals surface area contributed by atoms with E-state index in [1.54, 1.807) is 54.6 Å². The summed E-state index contributed by atoms with van der Waals surface area (Å²) in [5.74, 6) is 0.818. The van der Waals surface area contributed by atoms with Crippen LogP contribution in [0.4, 0.5) is 16.2 Å². The summed E-state index contributed by atoms with van der Waals surface area (Å²) < 4.78 is 22.6. The molecule has 5 rings (SSSR count). The number of benzene rings is 3. The molecule has 0 unspecified atom stereocenters. The number of nitrogens with zero attached hydrogens (tertiary/aromatic N) is 2. The molecule has 2 aliphatic heterocycles. The highest BCUT2D eigenvalue weighted by Gasteiger charge is 2.36. The molecule has 0 radical (unpaired) electrons. The second-order valence-corrected chi connectivity index (χ2v) is 10.0. The van der Waals surface area contributed by atoms with Crippen LogP contribution >= 0.6 is 11.8 Å². The van der Waals surface area contributed by atoms with E-state index in [0.29, 0.717) is 54.1 Å². The average Bonchev–Trinajstić information content (AvgIpc) is 3.24. The number of fused-ring (bicyclic) bond motifs is 1. The molecule has 0 aliphatic carbocycles. The van der Waals surface area contributed by atoms with Crippen LogP contribution in [0.1, 0.15) is 18.1 Å². The van der Waals surface area contributed by atoms with Crippen LogP contribution in [-0.4, -0.2) is 53.2 Å². The lowest BCUT2D eigenvalue weighted by Gasteiger charge is -2.19. The number of non-ortho nitro benzene ring substituents is 1. The van der Waals surface area contributed by atoms with Gasteiger partial charge in [0.2, 0.25) is 5.91 Å². The number of amides is 3. The lowest BCUT2D eigenvalue weighted by Crippen LogP contribution is -2.36. The zero-order valence-electron chi connectivity index (χ0n) is 22.4. The van der Waals surface area contributed by atoms with E-state index in [1.807, 2.05) is 6.92 Å². The van der Waals surface area contributed by atoms with Gasteiger partial charge < -0.3 is 24.3 Å². The van der Waals surface area contributed by atoms with Crippen molar-refractivity contribution in [2.24, 2.45) is 0 Å². The summed E-state index contributed by atoms with van der Waals surface area (Å²) in [6, 6.07) is 16.0. The topological polar surface area (TPSA) is 147 Å². The van der Waals surface area contributed by atoms with Gasteiger partial charge in [-0.25, -0.2) is 0 Å². The lowest BCUT2D eigenvalue weighted by molar-refractivity contribution is -0.384. The number of nitro groups is 1. The molecule has 2 aliphatic rings. The van der Waals surface area contributed by atoms with Gasteiger partial charge in [0.25, 0.3) is 16.8 Å². The summed E-state index contributed by atoms with van der Waals surface area (Å²) in [6.45, 7) is 2.72. The number of ether oxygens (including phenoxy) is 4. The summed E-state index contributed by atoms with van der Waals surface area (Å²) in [6.07, 6.45) is 1.55. The van der Waals surface area contributed by atoms with E-state index >= 15 is 0 Å². The third kappa shape index (κ3) is 6.63. The molecular weight excluding hydrogens is 566 g/mol. The maximum Gasteiger partial charge on any atom is 0.294 e. The second kappa shape index (κ2) is 12.6. The van der Waals surface area contributed by atoms with E-state index in [4.69, 9.17) is 18.9 Å². The number of carbonyl (C=O) groups excluding carboxylic acids is 3. The Kier molecular flexibility index (Phi) is 8.58. The van der Waals surface area contributed by atoms with Crippen molar-refractivity contribution >= 4 is 46.3 Å². The molecule has 3 aromatic rings. The quantitative estimate of drug-likeness (QED) is 0.194. The van der Waals surface area contributed by atoms with Crippen LogP contribution in [0.15, 0.2) is 65.6 Å². The van der Waals surface area contributed by atoms with E-state index in [-0.39, 0.29) is 17.2 Å². The fourth-order valence-electron chi connectivity index (χ4n) is 4.13. The lowest BCUT2D eigenvalue weighted by atomic mass is 10.1. The van der Waals surface area contributed by atoms with Gasteiger partial charge in [0.15, 0.2) is 23.0 Å². The Bertz CT molecular complexity index is 1570. The molecule has 3 amide bonds. The number of imide groups is 1. The number of thioether (sulfide) groups is 1. The van der Waals surface area contributed by atoms with Gasteiger partial charge in [0.1, 0.15) is 26.4 Å². The molecule has 0 spiro atoms. The minimum absolute atomic E-state index is 0.0109. The number of hydrogen-bond acceptors (Lipinski definition) is 10. The fraction of sp³-hybridized carbons (Fsp3) is 0.207. The number of hydrogen-bond donors (Lipinski definition) is 1. The molecule has 1 N–H and O–H groups in total. The Morgan fingerprint density at radius 2 is 1.79 bits per heavy atom. The zero-order valence-corrected chi connectivity index (χ0v) is 23.2. The molecule has 1 fully saturated rings. The van der Waals surface area contributed by atoms with Crippen molar-refractivity contribution in [1.82, 2.24) is 4.90 Å². The first-order chi connectivity index (χ1) is 20.3. The summed E-state index contributed by atoms with van der Waals surface area (Å²) in [5, 5.41) is 13.0. The first-order valence-corrected chi connectivity index (χ1v) is 13.7. The first-order valence-electron chi connectivity index (χ1n) is 12.9. The van der Waals surface area contributed by atoms with Crippen LogP contribution in [-0.2, 0) is 16.2 Å². The molecular formula is C29H25N3O9S. The van der Waals surface area contributed by atoms with Crippen LogP contribution in [0.5, 0.6) is 23.0 Å². The van der Waals surface area contributed by atoms with Crippen molar-refractivity contribution in [3.8, 4) is 23.0 Å². The molecule has 3 aromatic carbocycles. The Morgan fingerprint density at radius 3 is 2.52 bits per heavy atom. The SMILES string of the molecule is CCOc1cc(/C=C2/SC(=O)N(CC(=O)Nc3ccc4c(c3)OCCO4)C2=O)ccc1OCc1ccc([N+](=O)[O-])cc1. The molecule has 216 valence electrons. The highest BCUT2D eigenvalue weighted by atomic mass is 32.2. The molecule has 0 saturated carbocycles. The van der Waals surface area contributed by atoms with Crippen molar-refractivity contribution in [2.45, 2.75) is 13.5 Å². The molecule has 0 bridgehead atoms. The highest BCUT2D eigenvalue weighted by molar-refractivity contribution is 8.18. The number of carbonyl (C=O) groups is 3. The number of nitro benzene ring substituents is 1. The number of rotatable bonds is 10. The Balaban J connectivity index is 1.23. The van der Waals surface area contributed by atoms with E-state index < -0.39 is 28.5 Å². The van der Waals surface area contributed by atoms with E-state index in [0.717, 1.165) is 22.2 Å². The number of anilines is 1. The molecule has 13 heteroatoms. The second-order valence-electron chi connectivity index (χ2n) is 9.03. The molecule has 0 aromatic heterocycles. The van der Waals surface area contributed by atoms with Crippen molar-refractivity contribution < 1.29 is 38.3 Å². The third-order valence-corrected chi connectivity index (χ3v) is 7.02. The summed E-state index contributed by atoms with van der Waals surface area (Å²) in [4.78, 5) is 49.7. The minimum atomic E-state index is -0.584. The van der Waals surface area contributed by atoms with E-state index in [1.165, 1.54) is 12.1 Å². The molecule has 2 heterocycles. The molecule has 1 saturated heterocycles. The van der Waals surface area contributed by atoms with Gasteiger partial charge in [-0.15, -0.1) is 0 Å². The fourth-order valence-corrected chi connectivity index (χ4v) is 4.97. The largest absolute Gasteiger partial charge is 0.490 e. The summed E-state index contributed by atoms with van der Waals surface area (Å²) in [5.41, 5.74) is 1.76. The van der Waals surface area contributed by atoms with Crippen molar-refractivity contribution in [2.75, 3.05) is 31.7 Å². The smallest absolute Gasteiger partial charge is 0.294 e. The normalized spacial score (nSPS) is 15.1. The minimum Gasteiger partial charge on any atom is -0.490 e. The number of nitrogens with one attached hydrogen (secondary N) is 1. The molecule has 12 nitrogen and oxygen atoms in total. The predicted octanol–water partition coefficient (Wildman–Crippen LogP) is 5.02. The maximum absolute atomic E-state index is 13.0. The molecule has 0 atom stereocenters. The standard InChI is InChI=1S/C29H25N3O9S/c1-2-38-24-13-19(5-9-23(24)41-17-18-3-7-21(8-4-18)32(36)37)14-26-28(34)31(29(35)42-26)16-27(33)30-20-6-10-22-25(15-20)40-12-11-39-22/h3-10,13-15H,2,11-12,16-17H2,1H3,(H,30,33)/b26-14+. The maximum atomic E-state index is 13.0. The van der Waals surface area contributed by atoms with Gasteiger partial charge in [-0.05, 0) is 72.3 Å². The van der Waals surface area contributed by atoms with Gasteiger partial charge in [0, 0.05) is 23.9 Å². The monoisotopic (exact) mass is 591 g/mol. The van der Waals surface area contributed by atoms with Crippen LogP contribution in [0.3, 0.4) is 0 Å². The van der Waals surface area contributed by atoms with Crippen LogP contribution in [0.25, 0.3) is 6.08 Å². The molecule has 42 heavy (non-hydrogen) atoms. The summed E-state index contributed by atoms with van der Waals surface area (Å²) in [7, 11) is 0. The third-order valence-electron chi connectivity index (χ3n) is 6.11. The Hall–Kier alpha value is -5.04. The van der Waals surface area contributed by atoms with Crippen LogP contribution < -0.4 is 24.3 Å². The highest BCUT2D eigenvalue weighted by Crippen LogP contribution is 2.36. The van der Waals surface area contributed by atoms with Gasteiger partial charge in [-0.1, -0.05) is 6.07 Å². The Morgan fingerprint density at radius 1 is 1.02 bits per heavy atom. The van der Waals surface area contributed by atoms with Crippen molar-refractivity contribution in [3.63, 3.8) is 0 Å². The summed E-state index contributed by atoms with van der Waals surface area (Å²) >= 11 is 0.740. The van der Waals surface area contributed by atoms with Crippen LogP contribution in [0.2, 0.25) is 0 Å². The average molecular weight is 592 g/mol. The van der Waals surface area contributed by atoms with Gasteiger partial charge in [0.05, 0.1) is 16.4 Å². The van der Waals surface area contributed by atoms with E-state index in [9.17, 15) is 24.5 Å². The predicted molar refractivity (Wildman–Crippen MR) is 154 cm³/mol. The first kappa shape index (κ1) is 28.5. The zero-order chi connectivity index (χ0) is 29.6. The van der Waals surface area contributed by atoms with Gasteiger partial charge in [-0.2, -0.15) is 0 Å². The van der Waals surface area contributed by atoms with Crippen molar-refractivity contribution in [3.05, 3.63) is 86.8 Å². The van der Waals surface area contributed by atoms with E-state index in [2.05, 4.69) is 5.32 Å². The Labute approximate surface area is 244 Å². The van der Waals surface area contributed by atoms with Gasteiger partial charge >= 0.3 is 0 Å².